The number of amides is 1. The Hall–Kier alpha value is -2.47. The third-order valence-corrected chi connectivity index (χ3v) is 6.96. The summed E-state index contributed by atoms with van der Waals surface area (Å²) in [6.07, 6.45) is 10.7. The van der Waals surface area contributed by atoms with E-state index in [1.165, 1.54) is 42.5 Å². The summed E-state index contributed by atoms with van der Waals surface area (Å²) in [7, 11) is 2.00. The molecule has 158 valence electrons. The van der Waals surface area contributed by atoms with E-state index < -0.39 is 0 Å². The Balaban J connectivity index is 1.40. The second-order valence-electron chi connectivity index (χ2n) is 8.17. The molecule has 0 unspecified atom stereocenters. The molecule has 1 amide bonds. The largest absolute Gasteiger partial charge is 0.359 e. The molecule has 4 rings (SSSR count). The summed E-state index contributed by atoms with van der Waals surface area (Å²) in [4.78, 5) is 25.7. The predicted molar refractivity (Wildman–Crippen MR) is 125 cm³/mol. The number of rotatable bonds is 6. The fourth-order valence-electron chi connectivity index (χ4n) is 4.17. The minimum absolute atomic E-state index is 0.146. The second-order valence-corrected chi connectivity index (χ2v) is 9.20. The van der Waals surface area contributed by atoms with Gasteiger partial charge in [0.05, 0.1) is 5.39 Å². The lowest BCUT2D eigenvalue weighted by Crippen LogP contribution is -2.37. The molecule has 1 saturated carbocycles. The van der Waals surface area contributed by atoms with Gasteiger partial charge in [-0.3, -0.25) is 4.79 Å². The summed E-state index contributed by atoms with van der Waals surface area (Å²) in [6, 6.07) is 12.9. The first-order valence-electron chi connectivity index (χ1n) is 11.0. The normalized spacial score (nSPS) is 15.5. The summed E-state index contributed by atoms with van der Waals surface area (Å²) in [5, 5.41) is 4.31. The Morgan fingerprint density at radius 2 is 1.83 bits per heavy atom. The van der Waals surface area contributed by atoms with Crippen molar-refractivity contribution >= 4 is 33.3 Å². The second kappa shape index (κ2) is 10.0. The van der Waals surface area contributed by atoms with Crippen LogP contribution in [-0.4, -0.2) is 35.5 Å². The molecule has 0 aliphatic heterocycles. The number of carbonyl (C=O) groups excluding carboxylic acids is 1. The van der Waals surface area contributed by atoms with E-state index in [1.54, 1.807) is 17.7 Å². The maximum Gasteiger partial charge on any atom is 0.221 e. The van der Waals surface area contributed by atoms with Gasteiger partial charge in [0, 0.05) is 30.9 Å². The molecule has 0 saturated heterocycles. The minimum Gasteiger partial charge on any atom is -0.359 e. The zero-order valence-electron chi connectivity index (χ0n) is 17.6. The lowest BCUT2D eigenvalue weighted by molar-refractivity contribution is -0.121. The number of hydrogen-bond donors (Lipinski definition) is 1. The van der Waals surface area contributed by atoms with Crippen LogP contribution in [0.15, 0.2) is 42.7 Å². The average molecular weight is 423 g/mol. The van der Waals surface area contributed by atoms with E-state index in [2.05, 4.69) is 38.4 Å². The SMILES string of the molecule is CN(CCC(=O)NC1CCCCCCC1)c1ncnc2sc(-c3ccccc3)cc12. The summed E-state index contributed by atoms with van der Waals surface area (Å²) in [5.41, 5.74) is 1.19. The van der Waals surface area contributed by atoms with Crippen molar-refractivity contribution in [2.24, 2.45) is 0 Å². The van der Waals surface area contributed by atoms with Gasteiger partial charge in [-0.2, -0.15) is 0 Å². The standard InChI is InChI=1S/C24H30N4OS/c1-28(15-14-22(29)27-19-12-8-3-2-4-9-13-19)23-20-16-21(18-10-6-5-7-11-18)30-24(20)26-17-25-23/h5-7,10-11,16-17,19H,2-4,8-9,12-15H2,1H3,(H,27,29). The van der Waals surface area contributed by atoms with Gasteiger partial charge < -0.3 is 10.2 Å². The van der Waals surface area contributed by atoms with Crippen LogP contribution < -0.4 is 10.2 Å². The summed E-state index contributed by atoms with van der Waals surface area (Å²) in [5.74, 6) is 1.03. The Kier molecular flexibility index (Phi) is 6.95. The average Bonchev–Trinajstić information content (AvgIpc) is 3.19. The van der Waals surface area contributed by atoms with Crippen molar-refractivity contribution in [2.45, 2.75) is 57.4 Å². The summed E-state index contributed by atoms with van der Waals surface area (Å²) >= 11 is 1.68. The molecule has 6 heteroatoms. The molecule has 1 N–H and O–H groups in total. The lowest BCUT2D eigenvalue weighted by Gasteiger charge is -2.22. The van der Waals surface area contributed by atoms with Crippen molar-refractivity contribution in [2.75, 3.05) is 18.5 Å². The fraction of sp³-hybridized carbons (Fsp3) is 0.458. The molecule has 1 fully saturated rings. The molecule has 0 atom stereocenters. The third-order valence-electron chi connectivity index (χ3n) is 5.87. The fourth-order valence-corrected chi connectivity index (χ4v) is 5.17. The first kappa shape index (κ1) is 20.8. The van der Waals surface area contributed by atoms with Crippen molar-refractivity contribution in [3.8, 4) is 10.4 Å². The lowest BCUT2D eigenvalue weighted by atomic mass is 9.96. The number of hydrogen-bond acceptors (Lipinski definition) is 5. The molecule has 0 spiro atoms. The topological polar surface area (TPSA) is 58.1 Å². The highest BCUT2D eigenvalue weighted by atomic mass is 32.1. The Morgan fingerprint density at radius 1 is 1.10 bits per heavy atom. The van der Waals surface area contributed by atoms with Gasteiger partial charge in [-0.25, -0.2) is 9.97 Å². The molecule has 2 heterocycles. The number of carbonyl (C=O) groups is 1. The van der Waals surface area contributed by atoms with Crippen molar-refractivity contribution in [3.05, 3.63) is 42.7 Å². The highest BCUT2D eigenvalue weighted by molar-refractivity contribution is 7.21. The van der Waals surface area contributed by atoms with Crippen LogP contribution in [0.2, 0.25) is 0 Å². The highest BCUT2D eigenvalue weighted by Crippen LogP contribution is 2.35. The monoisotopic (exact) mass is 422 g/mol. The van der Waals surface area contributed by atoms with E-state index in [4.69, 9.17) is 0 Å². The van der Waals surface area contributed by atoms with Gasteiger partial charge in [0.15, 0.2) is 0 Å². The Bertz CT molecular complexity index is 964. The van der Waals surface area contributed by atoms with E-state index in [9.17, 15) is 4.79 Å². The van der Waals surface area contributed by atoms with Gasteiger partial charge in [-0.15, -0.1) is 11.3 Å². The molecular weight excluding hydrogens is 392 g/mol. The molecule has 1 aromatic carbocycles. The van der Waals surface area contributed by atoms with Crippen LogP contribution in [0.4, 0.5) is 5.82 Å². The quantitative estimate of drug-likeness (QED) is 0.577. The third kappa shape index (κ3) is 5.17. The van der Waals surface area contributed by atoms with Crippen LogP contribution >= 0.6 is 11.3 Å². The van der Waals surface area contributed by atoms with Crippen LogP contribution in [0.25, 0.3) is 20.7 Å². The number of anilines is 1. The number of fused-ring (bicyclic) bond motifs is 1. The van der Waals surface area contributed by atoms with Crippen LogP contribution in [0.3, 0.4) is 0 Å². The number of nitrogens with zero attached hydrogens (tertiary/aromatic N) is 3. The molecule has 30 heavy (non-hydrogen) atoms. The smallest absolute Gasteiger partial charge is 0.221 e. The van der Waals surface area contributed by atoms with E-state index in [-0.39, 0.29) is 5.91 Å². The number of nitrogens with one attached hydrogen (secondary N) is 1. The minimum atomic E-state index is 0.146. The van der Waals surface area contributed by atoms with Gasteiger partial charge in [0.25, 0.3) is 0 Å². The van der Waals surface area contributed by atoms with Crippen molar-refractivity contribution in [1.29, 1.82) is 0 Å². The zero-order valence-corrected chi connectivity index (χ0v) is 18.5. The molecule has 0 bridgehead atoms. The van der Waals surface area contributed by atoms with E-state index in [0.717, 1.165) is 28.9 Å². The van der Waals surface area contributed by atoms with Crippen LogP contribution in [-0.2, 0) is 4.79 Å². The molecular formula is C24H30N4OS. The molecule has 2 aromatic heterocycles. The number of benzene rings is 1. The van der Waals surface area contributed by atoms with Crippen LogP contribution in [0.1, 0.15) is 51.4 Å². The Labute approximate surface area is 182 Å². The predicted octanol–water partition coefficient (Wildman–Crippen LogP) is 5.41. The van der Waals surface area contributed by atoms with Gasteiger partial charge in [-0.05, 0) is 24.5 Å². The van der Waals surface area contributed by atoms with Crippen molar-refractivity contribution < 1.29 is 4.79 Å². The van der Waals surface area contributed by atoms with Gasteiger partial charge in [-0.1, -0.05) is 62.4 Å². The van der Waals surface area contributed by atoms with Crippen LogP contribution in [0.5, 0.6) is 0 Å². The highest BCUT2D eigenvalue weighted by Gasteiger charge is 2.16. The van der Waals surface area contributed by atoms with E-state index in [1.807, 2.05) is 25.2 Å². The number of thiophene rings is 1. The Morgan fingerprint density at radius 3 is 2.60 bits per heavy atom. The zero-order chi connectivity index (χ0) is 20.8. The van der Waals surface area contributed by atoms with Crippen molar-refractivity contribution in [1.82, 2.24) is 15.3 Å². The first-order chi connectivity index (χ1) is 14.7. The molecule has 1 aliphatic rings. The molecule has 1 aliphatic carbocycles. The van der Waals surface area contributed by atoms with Crippen molar-refractivity contribution in [3.63, 3.8) is 0 Å². The molecule has 3 aromatic rings. The van der Waals surface area contributed by atoms with E-state index >= 15 is 0 Å². The molecule has 0 radical (unpaired) electrons. The summed E-state index contributed by atoms with van der Waals surface area (Å²) < 4.78 is 0. The van der Waals surface area contributed by atoms with Crippen LogP contribution in [0, 0.1) is 0 Å². The maximum absolute atomic E-state index is 12.5. The van der Waals surface area contributed by atoms with Gasteiger partial charge >= 0.3 is 0 Å². The number of aromatic nitrogens is 2. The van der Waals surface area contributed by atoms with E-state index in [0.29, 0.717) is 19.0 Å². The maximum atomic E-state index is 12.5. The van der Waals surface area contributed by atoms with Gasteiger partial charge in [0.1, 0.15) is 17.0 Å². The molecule has 5 nitrogen and oxygen atoms in total. The first-order valence-corrected chi connectivity index (χ1v) is 11.8. The van der Waals surface area contributed by atoms with Gasteiger partial charge in [0.2, 0.25) is 5.91 Å². The summed E-state index contributed by atoms with van der Waals surface area (Å²) in [6.45, 7) is 0.640.